The highest BCUT2D eigenvalue weighted by atomic mass is 32.2. The van der Waals surface area contributed by atoms with Crippen molar-refractivity contribution in [2.45, 2.75) is 18.6 Å². The molecule has 1 aliphatic heterocycles. The van der Waals surface area contributed by atoms with Gasteiger partial charge < -0.3 is 10.0 Å². The molecular weight excluding hydrogens is 284 g/mol. The van der Waals surface area contributed by atoms with E-state index < -0.39 is 5.97 Å². The van der Waals surface area contributed by atoms with E-state index in [1.165, 1.54) is 6.20 Å². The molecule has 4 nitrogen and oxygen atoms in total. The SMILES string of the molecule is CCC1CN(c2c(C(=O)O)cnc3ccccc23)CCS1. The van der Waals surface area contributed by atoms with Gasteiger partial charge in [-0.1, -0.05) is 25.1 Å². The summed E-state index contributed by atoms with van der Waals surface area (Å²) >= 11 is 1.98. The van der Waals surface area contributed by atoms with Gasteiger partial charge in [-0.05, 0) is 12.5 Å². The highest BCUT2D eigenvalue weighted by molar-refractivity contribution is 8.00. The first-order valence-corrected chi connectivity index (χ1v) is 8.23. The molecule has 1 aromatic carbocycles. The van der Waals surface area contributed by atoms with Crippen molar-refractivity contribution in [2.24, 2.45) is 0 Å². The molecule has 0 saturated carbocycles. The van der Waals surface area contributed by atoms with Crippen LogP contribution in [0.15, 0.2) is 30.5 Å². The summed E-state index contributed by atoms with van der Waals surface area (Å²) in [7, 11) is 0. The number of hydrogen-bond donors (Lipinski definition) is 1. The number of thioether (sulfide) groups is 1. The van der Waals surface area contributed by atoms with E-state index in [-0.39, 0.29) is 0 Å². The molecule has 1 fully saturated rings. The molecule has 3 rings (SSSR count). The lowest BCUT2D eigenvalue weighted by Crippen LogP contribution is -2.38. The second-order valence-corrected chi connectivity index (χ2v) is 6.60. The quantitative estimate of drug-likeness (QED) is 0.943. The average molecular weight is 302 g/mol. The molecule has 5 heteroatoms. The van der Waals surface area contributed by atoms with Crippen molar-refractivity contribution in [1.29, 1.82) is 0 Å². The van der Waals surface area contributed by atoms with Crippen LogP contribution in [0.1, 0.15) is 23.7 Å². The van der Waals surface area contributed by atoms with Gasteiger partial charge in [0.25, 0.3) is 0 Å². The first-order chi connectivity index (χ1) is 10.2. The van der Waals surface area contributed by atoms with E-state index in [9.17, 15) is 9.90 Å². The Morgan fingerprint density at radius 2 is 2.29 bits per heavy atom. The third kappa shape index (κ3) is 2.70. The van der Waals surface area contributed by atoms with Gasteiger partial charge in [0.05, 0.1) is 11.2 Å². The highest BCUT2D eigenvalue weighted by Crippen LogP contribution is 2.33. The summed E-state index contributed by atoms with van der Waals surface area (Å²) in [6.45, 7) is 3.97. The van der Waals surface area contributed by atoms with Crippen molar-refractivity contribution >= 4 is 34.3 Å². The van der Waals surface area contributed by atoms with E-state index in [2.05, 4.69) is 16.8 Å². The summed E-state index contributed by atoms with van der Waals surface area (Å²) in [6.07, 6.45) is 2.59. The van der Waals surface area contributed by atoms with E-state index in [1.807, 2.05) is 36.0 Å². The lowest BCUT2D eigenvalue weighted by molar-refractivity contribution is 0.0697. The Morgan fingerprint density at radius 1 is 1.48 bits per heavy atom. The summed E-state index contributed by atoms with van der Waals surface area (Å²) in [5.41, 5.74) is 1.98. The van der Waals surface area contributed by atoms with Gasteiger partial charge in [0.1, 0.15) is 5.56 Å². The minimum absolute atomic E-state index is 0.301. The fourth-order valence-electron chi connectivity index (χ4n) is 2.79. The molecule has 110 valence electrons. The second kappa shape index (κ2) is 5.93. The number of anilines is 1. The first-order valence-electron chi connectivity index (χ1n) is 7.18. The number of hydrogen-bond acceptors (Lipinski definition) is 4. The van der Waals surface area contributed by atoms with Gasteiger partial charge in [0, 0.05) is 35.7 Å². The molecule has 2 aromatic rings. The summed E-state index contributed by atoms with van der Waals surface area (Å²) < 4.78 is 0. The van der Waals surface area contributed by atoms with Crippen LogP contribution in [0.3, 0.4) is 0 Å². The number of pyridine rings is 1. The number of benzene rings is 1. The Morgan fingerprint density at radius 3 is 3.05 bits per heavy atom. The smallest absolute Gasteiger partial charge is 0.339 e. The van der Waals surface area contributed by atoms with E-state index >= 15 is 0 Å². The standard InChI is InChI=1S/C16H18N2O2S/c1-2-11-10-18(7-8-21-11)15-12-5-3-4-6-14(12)17-9-13(15)16(19)20/h3-6,9,11H,2,7-8,10H2,1H3,(H,19,20). The molecule has 0 aliphatic carbocycles. The molecule has 1 atom stereocenters. The van der Waals surface area contributed by atoms with Gasteiger partial charge >= 0.3 is 5.97 Å². The molecule has 1 aliphatic rings. The Balaban J connectivity index is 2.14. The van der Waals surface area contributed by atoms with Gasteiger partial charge in [-0.2, -0.15) is 11.8 Å². The van der Waals surface area contributed by atoms with Crippen LogP contribution in [0.25, 0.3) is 10.9 Å². The molecule has 1 aromatic heterocycles. The number of aromatic nitrogens is 1. The number of rotatable bonds is 3. The van der Waals surface area contributed by atoms with E-state index in [0.29, 0.717) is 10.8 Å². The van der Waals surface area contributed by atoms with Crippen LogP contribution < -0.4 is 4.90 Å². The van der Waals surface area contributed by atoms with Crippen LogP contribution in [0.2, 0.25) is 0 Å². The number of aromatic carboxylic acids is 1. The Kier molecular flexibility index (Phi) is 4.01. The van der Waals surface area contributed by atoms with Crippen molar-refractivity contribution in [1.82, 2.24) is 4.98 Å². The summed E-state index contributed by atoms with van der Waals surface area (Å²) in [5, 5.41) is 11.0. The molecule has 1 saturated heterocycles. The van der Waals surface area contributed by atoms with Crippen molar-refractivity contribution < 1.29 is 9.90 Å². The fourth-order valence-corrected chi connectivity index (χ4v) is 3.97. The van der Waals surface area contributed by atoms with Gasteiger partial charge in [0.2, 0.25) is 0 Å². The van der Waals surface area contributed by atoms with Crippen molar-refractivity contribution in [3.05, 3.63) is 36.0 Å². The van der Waals surface area contributed by atoms with Crippen LogP contribution in [0.4, 0.5) is 5.69 Å². The lowest BCUT2D eigenvalue weighted by Gasteiger charge is -2.35. The number of carbonyl (C=O) groups is 1. The summed E-state index contributed by atoms with van der Waals surface area (Å²) in [5.74, 6) is 0.128. The lowest BCUT2D eigenvalue weighted by atomic mass is 10.1. The van der Waals surface area contributed by atoms with Crippen LogP contribution in [0, 0.1) is 0 Å². The topological polar surface area (TPSA) is 53.4 Å². The molecule has 0 spiro atoms. The van der Waals surface area contributed by atoms with Crippen LogP contribution in [-0.4, -0.2) is 40.2 Å². The van der Waals surface area contributed by atoms with Crippen molar-refractivity contribution in [3.8, 4) is 0 Å². The zero-order chi connectivity index (χ0) is 14.8. The monoisotopic (exact) mass is 302 g/mol. The van der Waals surface area contributed by atoms with Gasteiger partial charge in [0.15, 0.2) is 0 Å². The molecule has 0 amide bonds. The number of para-hydroxylation sites is 1. The van der Waals surface area contributed by atoms with E-state index in [4.69, 9.17) is 0 Å². The number of carboxylic acid groups (broad SMARTS) is 1. The van der Waals surface area contributed by atoms with Gasteiger partial charge in [-0.3, -0.25) is 4.98 Å². The molecule has 1 N–H and O–H groups in total. The number of carboxylic acids is 1. The Bertz CT molecular complexity index is 674. The maximum atomic E-state index is 11.6. The maximum Gasteiger partial charge on any atom is 0.339 e. The minimum Gasteiger partial charge on any atom is -0.478 e. The number of fused-ring (bicyclic) bond motifs is 1. The third-order valence-electron chi connectivity index (χ3n) is 3.89. The molecule has 0 bridgehead atoms. The molecule has 1 unspecified atom stereocenters. The van der Waals surface area contributed by atoms with Crippen LogP contribution in [0.5, 0.6) is 0 Å². The molecule has 0 radical (unpaired) electrons. The molecule has 21 heavy (non-hydrogen) atoms. The Labute approximate surface area is 128 Å². The maximum absolute atomic E-state index is 11.6. The van der Waals surface area contributed by atoms with Crippen molar-refractivity contribution in [2.75, 3.05) is 23.7 Å². The zero-order valence-corrected chi connectivity index (χ0v) is 12.8. The van der Waals surface area contributed by atoms with Crippen LogP contribution >= 0.6 is 11.8 Å². The predicted octanol–water partition coefficient (Wildman–Crippen LogP) is 3.26. The van der Waals surface area contributed by atoms with E-state index in [1.54, 1.807) is 0 Å². The highest BCUT2D eigenvalue weighted by Gasteiger charge is 2.25. The van der Waals surface area contributed by atoms with Crippen LogP contribution in [-0.2, 0) is 0 Å². The predicted molar refractivity (Wildman–Crippen MR) is 87.5 cm³/mol. The van der Waals surface area contributed by atoms with Gasteiger partial charge in [-0.25, -0.2) is 4.79 Å². The van der Waals surface area contributed by atoms with Gasteiger partial charge in [-0.15, -0.1) is 0 Å². The molecule has 2 heterocycles. The average Bonchev–Trinajstić information content (AvgIpc) is 2.53. The fraction of sp³-hybridized carbons (Fsp3) is 0.375. The first kappa shape index (κ1) is 14.2. The number of nitrogens with zero attached hydrogens (tertiary/aromatic N) is 2. The summed E-state index contributed by atoms with van der Waals surface area (Å²) in [6, 6.07) is 7.77. The zero-order valence-electron chi connectivity index (χ0n) is 12.0. The Hall–Kier alpha value is -1.75. The van der Waals surface area contributed by atoms with E-state index in [0.717, 1.165) is 41.9 Å². The molecular formula is C16H18N2O2S. The third-order valence-corrected chi connectivity index (χ3v) is 5.26. The normalized spacial score (nSPS) is 18.9. The second-order valence-electron chi connectivity index (χ2n) is 5.19. The largest absolute Gasteiger partial charge is 0.478 e. The summed E-state index contributed by atoms with van der Waals surface area (Å²) in [4.78, 5) is 18.1. The van der Waals surface area contributed by atoms with Crippen molar-refractivity contribution in [3.63, 3.8) is 0 Å². The minimum atomic E-state index is -0.908.